The van der Waals surface area contributed by atoms with Crippen LogP contribution < -0.4 is 5.32 Å². The van der Waals surface area contributed by atoms with E-state index in [0.717, 1.165) is 5.56 Å². The molecule has 0 radical (unpaired) electrons. The fourth-order valence-electron chi connectivity index (χ4n) is 2.96. The Morgan fingerprint density at radius 1 is 1.22 bits per heavy atom. The van der Waals surface area contributed by atoms with Gasteiger partial charge in [-0.25, -0.2) is 4.79 Å². The lowest BCUT2D eigenvalue weighted by atomic mass is 10.1. The number of amides is 3. The van der Waals surface area contributed by atoms with E-state index in [1.807, 2.05) is 12.1 Å². The molecular formula is C19H26ClN3O4. The number of carbonyl (C=O) groups is 3. The Kier molecular flexibility index (Phi) is 7.91. The summed E-state index contributed by atoms with van der Waals surface area (Å²) in [7, 11) is 0. The summed E-state index contributed by atoms with van der Waals surface area (Å²) in [4.78, 5) is 39.1. The number of rotatable bonds is 6. The first-order valence-electron chi connectivity index (χ1n) is 9.10. The standard InChI is InChI=1S/C19H26ClN3O4/c1-3-27-19(26)22-10-8-17(9-11-22)21-18(25)13-23(14(2)24)12-15-4-6-16(20)7-5-15/h4-7,17H,3,8-13H2,1-2H3,(H,21,25). The highest BCUT2D eigenvalue weighted by Gasteiger charge is 2.25. The third-order valence-electron chi connectivity index (χ3n) is 4.45. The number of nitrogens with one attached hydrogen (secondary N) is 1. The maximum absolute atomic E-state index is 12.4. The van der Waals surface area contributed by atoms with Crippen LogP contribution in [0.4, 0.5) is 4.79 Å². The molecule has 1 saturated heterocycles. The van der Waals surface area contributed by atoms with E-state index in [1.165, 1.54) is 11.8 Å². The zero-order valence-electron chi connectivity index (χ0n) is 15.7. The molecule has 1 aliphatic rings. The van der Waals surface area contributed by atoms with Crippen LogP contribution in [0.5, 0.6) is 0 Å². The van der Waals surface area contributed by atoms with Crippen LogP contribution >= 0.6 is 11.6 Å². The number of carbonyl (C=O) groups excluding carboxylic acids is 3. The summed E-state index contributed by atoms with van der Waals surface area (Å²) in [5.41, 5.74) is 0.908. The number of benzene rings is 1. The Balaban J connectivity index is 1.81. The van der Waals surface area contributed by atoms with Crippen LogP contribution in [0.2, 0.25) is 5.02 Å². The number of hydrogen-bond acceptors (Lipinski definition) is 4. The lowest BCUT2D eigenvalue weighted by Crippen LogP contribution is -2.49. The van der Waals surface area contributed by atoms with Crippen molar-refractivity contribution in [1.29, 1.82) is 0 Å². The summed E-state index contributed by atoms with van der Waals surface area (Å²) in [6, 6.07) is 7.18. The van der Waals surface area contributed by atoms with Gasteiger partial charge in [0.2, 0.25) is 11.8 Å². The molecule has 0 aliphatic carbocycles. The second kappa shape index (κ2) is 10.2. The minimum absolute atomic E-state index is 0.00392. The minimum Gasteiger partial charge on any atom is -0.450 e. The van der Waals surface area contributed by atoms with Crippen LogP contribution in [0.1, 0.15) is 32.3 Å². The largest absolute Gasteiger partial charge is 0.450 e. The van der Waals surface area contributed by atoms with E-state index in [1.54, 1.807) is 24.0 Å². The first kappa shape index (κ1) is 21.0. The summed E-state index contributed by atoms with van der Waals surface area (Å²) < 4.78 is 4.99. The van der Waals surface area contributed by atoms with Crippen molar-refractivity contribution >= 4 is 29.5 Å². The van der Waals surface area contributed by atoms with Gasteiger partial charge in [-0.2, -0.15) is 0 Å². The number of ether oxygens (including phenoxy) is 1. The topological polar surface area (TPSA) is 79.0 Å². The smallest absolute Gasteiger partial charge is 0.409 e. The van der Waals surface area contributed by atoms with E-state index < -0.39 is 0 Å². The number of halogens is 1. The average molecular weight is 396 g/mol. The zero-order valence-corrected chi connectivity index (χ0v) is 16.5. The number of hydrogen-bond donors (Lipinski definition) is 1. The Bertz CT molecular complexity index is 657. The molecule has 3 amide bonds. The fraction of sp³-hybridized carbons (Fsp3) is 0.526. The van der Waals surface area contributed by atoms with E-state index in [2.05, 4.69) is 5.32 Å². The third kappa shape index (κ3) is 6.75. The summed E-state index contributed by atoms with van der Waals surface area (Å²) >= 11 is 5.87. The first-order valence-corrected chi connectivity index (χ1v) is 9.47. The van der Waals surface area contributed by atoms with Crippen molar-refractivity contribution in [1.82, 2.24) is 15.1 Å². The molecule has 7 nitrogen and oxygen atoms in total. The van der Waals surface area contributed by atoms with Gasteiger partial charge in [0.05, 0.1) is 13.2 Å². The fourth-order valence-corrected chi connectivity index (χ4v) is 3.08. The quantitative estimate of drug-likeness (QED) is 0.802. The van der Waals surface area contributed by atoms with Crippen molar-refractivity contribution < 1.29 is 19.1 Å². The molecule has 0 saturated carbocycles. The van der Waals surface area contributed by atoms with Gasteiger partial charge in [-0.15, -0.1) is 0 Å². The maximum atomic E-state index is 12.4. The molecule has 0 aromatic heterocycles. The molecule has 0 spiro atoms. The molecule has 0 atom stereocenters. The molecule has 1 N–H and O–H groups in total. The molecule has 148 valence electrons. The summed E-state index contributed by atoms with van der Waals surface area (Å²) in [6.07, 6.45) is 1.02. The molecule has 2 rings (SSSR count). The van der Waals surface area contributed by atoms with Crippen LogP contribution in [-0.4, -0.2) is 60.0 Å². The minimum atomic E-state index is -0.312. The van der Waals surface area contributed by atoms with Crippen molar-refractivity contribution in [2.24, 2.45) is 0 Å². The lowest BCUT2D eigenvalue weighted by molar-refractivity contribution is -0.135. The van der Waals surface area contributed by atoms with Crippen LogP contribution in [0.15, 0.2) is 24.3 Å². The number of likely N-dealkylation sites (tertiary alicyclic amines) is 1. The SMILES string of the molecule is CCOC(=O)N1CCC(NC(=O)CN(Cc2ccc(Cl)cc2)C(C)=O)CC1. The number of piperidine rings is 1. The average Bonchev–Trinajstić information content (AvgIpc) is 2.63. The van der Waals surface area contributed by atoms with Gasteiger partial charge in [-0.3, -0.25) is 9.59 Å². The van der Waals surface area contributed by atoms with Crippen LogP contribution in [0.3, 0.4) is 0 Å². The molecular weight excluding hydrogens is 370 g/mol. The van der Waals surface area contributed by atoms with Crippen molar-refractivity contribution in [2.75, 3.05) is 26.2 Å². The molecule has 1 aromatic carbocycles. The van der Waals surface area contributed by atoms with E-state index in [-0.39, 0.29) is 30.5 Å². The Hall–Kier alpha value is -2.28. The molecule has 8 heteroatoms. The predicted octanol–water partition coefficient (Wildman–Crippen LogP) is 2.43. The van der Waals surface area contributed by atoms with Crippen LogP contribution in [0, 0.1) is 0 Å². The van der Waals surface area contributed by atoms with Gasteiger partial charge in [0.15, 0.2) is 0 Å². The maximum Gasteiger partial charge on any atom is 0.409 e. The molecule has 1 aliphatic heterocycles. The number of nitrogens with zero attached hydrogens (tertiary/aromatic N) is 2. The lowest BCUT2D eigenvalue weighted by Gasteiger charge is -2.32. The Morgan fingerprint density at radius 2 is 1.85 bits per heavy atom. The van der Waals surface area contributed by atoms with Crippen molar-refractivity contribution in [2.45, 2.75) is 39.3 Å². The van der Waals surface area contributed by atoms with Crippen molar-refractivity contribution in [3.05, 3.63) is 34.9 Å². The molecule has 0 bridgehead atoms. The monoisotopic (exact) mass is 395 g/mol. The van der Waals surface area contributed by atoms with Gasteiger partial charge >= 0.3 is 6.09 Å². The van der Waals surface area contributed by atoms with Gasteiger partial charge in [0.25, 0.3) is 0 Å². The van der Waals surface area contributed by atoms with Gasteiger partial charge in [-0.1, -0.05) is 23.7 Å². The van der Waals surface area contributed by atoms with Crippen LogP contribution in [-0.2, 0) is 20.9 Å². The van der Waals surface area contributed by atoms with Gasteiger partial charge in [0.1, 0.15) is 0 Å². The highest BCUT2D eigenvalue weighted by molar-refractivity contribution is 6.30. The third-order valence-corrected chi connectivity index (χ3v) is 4.70. The van der Waals surface area contributed by atoms with Crippen LogP contribution in [0.25, 0.3) is 0 Å². The van der Waals surface area contributed by atoms with Gasteiger partial charge in [0, 0.05) is 37.6 Å². The second-order valence-corrected chi connectivity index (χ2v) is 6.97. The Morgan fingerprint density at radius 3 is 2.41 bits per heavy atom. The Labute approximate surface area is 164 Å². The summed E-state index contributed by atoms with van der Waals surface area (Å²) in [6.45, 7) is 5.01. The van der Waals surface area contributed by atoms with Crippen molar-refractivity contribution in [3.63, 3.8) is 0 Å². The van der Waals surface area contributed by atoms with E-state index in [9.17, 15) is 14.4 Å². The van der Waals surface area contributed by atoms with E-state index in [0.29, 0.717) is 44.1 Å². The van der Waals surface area contributed by atoms with Gasteiger partial charge < -0.3 is 19.9 Å². The highest BCUT2D eigenvalue weighted by atomic mass is 35.5. The first-order chi connectivity index (χ1) is 12.9. The summed E-state index contributed by atoms with van der Waals surface area (Å²) in [5.74, 6) is -0.369. The molecule has 1 fully saturated rings. The molecule has 1 heterocycles. The molecule has 0 unspecified atom stereocenters. The highest BCUT2D eigenvalue weighted by Crippen LogP contribution is 2.13. The molecule has 1 aromatic rings. The second-order valence-electron chi connectivity index (χ2n) is 6.53. The van der Waals surface area contributed by atoms with E-state index >= 15 is 0 Å². The van der Waals surface area contributed by atoms with Gasteiger partial charge in [-0.05, 0) is 37.5 Å². The normalized spacial score (nSPS) is 14.6. The summed E-state index contributed by atoms with van der Waals surface area (Å²) in [5, 5.41) is 3.58. The molecule has 27 heavy (non-hydrogen) atoms. The zero-order chi connectivity index (χ0) is 19.8. The van der Waals surface area contributed by atoms with Crippen molar-refractivity contribution in [3.8, 4) is 0 Å². The van der Waals surface area contributed by atoms with E-state index in [4.69, 9.17) is 16.3 Å². The predicted molar refractivity (Wildman–Crippen MR) is 102 cm³/mol.